The van der Waals surface area contributed by atoms with Crippen molar-refractivity contribution in [2.24, 2.45) is 5.41 Å². The lowest BCUT2D eigenvalue weighted by Gasteiger charge is -2.35. The van der Waals surface area contributed by atoms with Crippen LogP contribution in [0.15, 0.2) is 0 Å². The van der Waals surface area contributed by atoms with Crippen molar-refractivity contribution in [1.82, 2.24) is 20.9 Å². The van der Waals surface area contributed by atoms with Gasteiger partial charge in [-0.2, -0.15) is 13.2 Å². The van der Waals surface area contributed by atoms with E-state index in [1.807, 2.05) is 20.8 Å². The monoisotopic (exact) mass is 388 g/mol. The molecule has 0 aromatic heterocycles. The molecule has 1 fully saturated rings. The van der Waals surface area contributed by atoms with Crippen LogP contribution in [0.4, 0.5) is 13.2 Å². The Morgan fingerprint density at radius 2 is 1.64 bits per heavy atom. The van der Waals surface area contributed by atoms with Crippen LogP contribution in [0.25, 0.3) is 0 Å². The number of alkyl halides is 3. The van der Waals surface area contributed by atoms with Gasteiger partial charge in [-0.3, -0.25) is 14.5 Å². The second-order valence-electron chi connectivity index (χ2n) is 7.16. The molecule has 1 aliphatic heterocycles. The van der Waals surface area contributed by atoms with Crippen molar-refractivity contribution < 1.29 is 22.8 Å². The first kappa shape index (κ1) is 23.9. The molecule has 1 rings (SSSR count). The van der Waals surface area contributed by atoms with E-state index >= 15 is 0 Å². The fourth-order valence-electron chi connectivity index (χ4n) is 2.44. The fraction of sp³-hybridized carbons (Fsp3) is 0.867. The zero-order valence-electron chi connectivity index (χ0n) is 14.8. The maximum atomic E-state index is 13.2. The third-order valence-corrected chi connectivity index (χ3v) is 3.60. The maximum absolute atomic E-state index is 13.2. The van der Waals surface area contributed by atoms with Gasteiger partial charge in [0, 0.05) is 39.1 Å². The number of hydrogen-bond donors (Lipinski definition) is 3. The third-order valence-electron chi connectivity index (χ3n) is 3.60. The number of piperazine rings is 1. The predicted octanol–water partition coefficient (Wildman–Crippen LogP) is 0.913. The number of carbonyl (C=O) groups is 2. The van der Waals surface area contributed by atoms with Crippen LogP contribution in [0.5, 0.6) is 0 Å². The first-order chi connectivity index (χ1) is 11.0. The highest BCUT2D eigenvalue weighted by Crippen LogP contribution is 2.24. The first-order valence-electron chi connectivity index (χ1n) is 8.04. The van der Waals surface area contributed by atoms with Gasteiger partial charge in [-0.25, -0.2) is 0 Å². The lowest BCUT2D eigenvalue weighted by molar-refractivity contribution is -0.184. The molecule has 0 radical (unpaired) electrons. The highest BCUT2D eigenvalue weighted by Gasteiger charge is 2.43. The molecule has 0 bridgehead atoms. The average molecular weight is 389 g/mol. The molecule has 25 heavy (non-hydrogen) atoms. The summed E-state index contributed by atoms with van der Waals surface area (Å²) in [6, 6.07) is -1.71. The van der Waals surface area contributed by atoms with Crippen molar-refractivity contribution in [1.29, 1.82) is 0 Å². The highest BCUT2D eigenvalue weighted by molar-refractivity contribution is 5.85. The lowest BCUT2D eigenvalue weighted by Crippen LogP contribution is -2.58. The number of amides is 2. The summed E-state index contributed by atoms with van der Waals surface area (Å²) in [7, 11) is 0. The zero-order valence-corrected chi connectivity index (χ0v) is 15.6. The van der Waals surface area contributed by atoms with Crippen LogP contribution in [0.3, 0.4) is 0 Å². The van der Waals surface area contributed by atoms with Crippen LogP contribution in [-0.2, 0) is 9.59 Å². The van der Waals surface area contributed by atoms with Crippen LogP contribution in [0.2, 0.25) is 0 Å². The van der Waals surface area contributed by atoms with Gasteiger partial charge >= 0.3 is 6.18 Å². The molecule has 1 atom stereocenters. The first-order valence-corrected chi connectivity index (χ1v) is 8.04. The summed E-state index contributed by atoms with van der Waals surface area (Å²) in [4.78, 5) is 24.6. The van der Waals surface area contributed by atoms with E-state index in [0.29, 0.717) is 13.1 Å². The lowest BCUT2D eigenvalue weighted by atomic mass is 9.92. The maximum Gasteiger partial charge on any atom is 0.405 e. The van der Waals surface area contributed by atoms with Gasteiger partial charge in [0.05, 0.1) is 6.54 Å². The van der Waals surface area contributed by atoms with Crippen molar-refractivity contribution in [3.63, 3.8) is 0 Å². The summed E-state index contributed by atoms with van der Waals surface area (Å²) >= 11 is 0. The normalized spacial score (nSPS) is 17.4. The topological polar surface area (TPSA) is 73.5 Å². The molecule has 0 aliphatic carbocycles. The van der Waals surface area contributed by atoms with E-state index in [-0.39, 0.29) is 49.8 Å². The Morgan fingerprint density at radius 3 is 2.12 bits per heavy atom. The van der Waals surface area contributed by atoms with Gasteiger partial charge in [0.25, 0.3) is 0 Å². The van der Waals surface area contributed by atoms with Gasteiger partial charge in [0.15, 0.2) is 0 Å². The van der Waals surface area contributed by atoms with E-state index in [4.69, 9.17) is 0 Å². The smallest absolute Gasteiger partial charge is 0.353 e. The number of nitrogens with one attached hydrogen (secondary N) is 3. The quantitative estimate of drug-likeness (QED) is 0.632. The molecular formula is C15H28ClF3N4O2. The summed E-state index contributed by atoms with van der Waals surface area (Å²) in [6.45, 7) is 6.35. The van der Waals surface area contributed by atoms with Gasteiger partial charge in [0.1, 0.15) is 6.04 Å². The molecule has 0 aromatic carbocycles. The summed E-state index contributed by atoms with van der Waals surface area (Å²) in [5.74, 6) is -0.922. The molecule has 1 saturated heterocycles. The summed E-state index contributed by atoms with van der Waals surface area (Å²) in [5.41, 5.74) is -0.218. The minimum Gasteiger partial charge on any atom is -0.353 e. The minimum absolute atomic E-state index is 0. The number of hydrogen-bond acceptors (Lipinski definition) is 4. The highest BCUT2D eigenvalue weighted by atomic mass is 35.5. The van der Waals surface area contributed by atoms with Crippen LogP contribution in [0.1, 0.15) is 27.2 Å². The second kappa shape index (κ2) is 10.2. The molecule has 148 valence electrons. The number of carbonyl (C=O) groups excluding carboxylic acids is 2. The van der Waals surface area contributed by atoms with E-state index in [2.05, 4.69) is 16.0 Å². The average Bonchev–Trinajstić information content (AvgIpc) is 2.43. The Hall–Kier alpha value is -1.06. The molecule has 1 heterocycles. The Bertz CT molecular complexity index is 435. The van der Waals surface area contributed by atoms with Gasteiger partial charge in [-0.05, 0) is 5.41 Å². The Morgan fingerprint density at radius 1 is 1.08 bits per heavy atom. The summed E-state index contributed by atoms with van der Waals surface area (Å²) < 4.78 is 39.5. The van der Waals surface area contributed by atoms with Crippen LogP contribution in [-0.4, -0.2) is 68.2 Å². The number of rotatable bonds is 6. The van der Waals surface area contributed by atoms with Gasteiger partial charge in [-0.1, -0.05) is 20.8 Å². The minimum atomic E-state index is -4.42. The fourth-order valence-corrected chi connectivity index (χ4v) is 2.44. The summed E-state index contributed by atoms with van der Waals surface area (Å²) in [5, 5.41) is 7.69. The van der Waals surface area contributed by atoms with E-state index in [9.17, 15) is 22.8 Å². The Balaban J connectivity index is 0.00000576. The van der Waals surface area contributed by atoms with Gasteiger partial charge < -0.3 is 16.0 Å². The van der Waals surface area contributed by atoms with E-state index in [1.54, 1.807) is 0 Å². The van der Waals surface area contributed by atoms with Crippen molar-refractivity contribution in [3.05, 3.63) is 0 Å². The number of nitrogens with zero attached hydrogens (tertiary/aromatic N) is 1. The molecule has 10 heteroatoms. The standard InChI is InChI=1S/C15H27F3N4O2.ClH/c1-14(2,3)8-12(23)21-10-13(24)20-9-11(15(16,17)18)22-6-4-19-5-7-22;/h11,19H,4-10H2,1-3H3,(H,20,24)(H,21,23);1H. The largest absolute Gasteiger partial charge is 0.405 e. The molecule has 0 saturated carbocycles. The van der Waals surface area contributed by atoms with Crippen LogP contribution in [0, 0.1) is 5.41 Å². The Labute approximate surface area is 152 Å². The van der Waals surface area contributed by atoms with Crippen LogP contribution < -0.4 is 16.0 Å². The van der Waals surface area contributed by atoms with Gasteiger partial charge in [0.2, 0.25) is 11.8 Å². The molecule has 2 amide bonds. The third kappa shape index (κ3) is 9.86. The molecule has 6 nitrogen and oxygen atoms in total. The van der Waals surface area contributed by atoms with Crippen molar-refractivity contribution in [2.45, 2.75) is 39.4 Å². The molecule has 1 unspecified atom stereocenters. The SMILES string of the molecule is CC(C)(C)CC(=O)NCC(=O)NCC(N1CCNCC1)C(F)(F)F.Cl. The van der Waals surface area contributed by atoms with E-state index < -0.39 is 24.7 Å². The summed E-state index contributed by atoms with van der Waals surface area (Å²) in [6.07, 6.45) is -4.17. The molecule has 1 aliphatic rings. The Kier molecular flexibility index (Phi) is 9.75. The molecule has 3 N–H and O–H groups in total. The molecular weight excluding hydrogens is 361 g/mol. The number of halogens is 4. The molecule has 0 aromatic rings. The van der Waals surface area contributed by atoms with Gasteiger partial charge in [-0.15, -0.1) is 12.4 Å². The van der Waals surface area contributed by atoms with Crippen LogP contribution >= 0.6 is 12.4 Å². The van der Waals surface area contributed by atoms with E-state index in [0.717, 1.165) is 0 Å². The molecule has 0 spiro atoms. The van der Waals surface area contributed by atoms with Crippen molar-refractivity contribution in [2.75, 3.05) is 39.3 Å². The second-order valence-corrected chi connectivity index (χ2v) is 7.16. The zero-order chi connectivity index (χ0) is 18.4. The van der Waals surface area contributed by atoms with Crippen molar-refractivity contribution in [3.8, 4) is 0 Å². The van der Waals surface area contributed by atoms with Crippen molar-refractivity contribution >= 4 is 24.2 Å². The predicted molar refractivity (Wildman–Crippen MR) is 91.6 cm³/mol. The van der Waals surface area contributed by atoms with E-state index in [1.165, 1.54) is 4.90 Å².